The molecule has 1 fully saturated rings. The van der Waals surface area contributed by atoms with Crippen molar-refractivity contribution >= 4 is 15.9 Å². The van der Waals surface area contributed by atoms with E-state index in [2.05, 4.69) is 4.74 Å². The van der Waals surface area contributed by atoms with Gasteiger partial charge in [0.2, 0.25) is 15.9 Å². The summed E-state index contributed by atoms with van der Waals surface area (Å²) in [5.74, 6) is 0.145. The summed E-state index contributed by atoms with van der Waals surface area (Å²) in [6, 6.07) is 4.44. The molecule has 1 amide bonds. The second-order valence-electron chi connectivity index (χ2n) is 6.22. The normalized spacial score (nSPS) is 16.0. The lowest BCUT2D eigenvalue weighted by molar-refractivity contribution is -0.175. The Kier molecular flexibility index (Phi) is 7.72. The number of nitrogens with zero attached hydrogens (tertiary/aromatic N) is 2. The molecule has 0 aliphatic carbocycles. The standard InChI is InChI=1S/C17H23F3N2O6S/c1-26-13-3-4-14(27-2)15(11-13)29(24,25)22-8-6-21(7-9-22)16(23)5-10-28-12-17(18,19)20/h3-4,11H,5-10,12H2,1-2H3. The Hall–Kier alpha value is -2.05. The number of hydrogen-bond acceptors (Lipinski definition) is 6. The van der Waals surface area contributed by atoms with Crippen LogP contribution in [0, 0.1) is 0 Å². The SMILES string of the molecule is COc1ccc(OC)c(S(=O)(=O)N2CCN(C(=O)CCOCC(F)(F)F)CC2)c1. The Morgan fingerprint density at radius 2 is 1.76 bits per heavy atom. The molecule has 2 rings (SSSR count). The fourth-order valence-electron chi connectivity index (χ4n) is 2.81. The zero-order valence-corrected chi connectivity index (χ0v) is 16.9. The Morgan fingerprint density at radius 1 is 1.10 bits per heavy atom. The van der Waals surface area contributed by atoms with E-state index < -0.39 is 22.8 Å². The molecule has 1 heterocycles. The van der Waals surface area contributed by atoms with Gasteiger partial charge in [-0.2, -0.15) is 17.5 Å². The van der Waals surface area contributed by atoms with E-state index in [1.807, 2.05) is 0 Å². The molecule has 8 nitrogen and oxygen atoms in total. The molecule has 0 spiro atoms. The van der Waals surface area contributed by atoms with Crippen LogP contribution in [-0.4, -0.2) is 83.3 Å². The van der Waals surface area contributed by atoms with E-state index in [1.54, 1.807) is 6.07 Å². The highest BCUT2D eigenvalue weighted by Crippen LogP contribution is 2.31. The number of hydrogen-bond donors (Lipinski definition) is 0. The summed E-state index contributed by atoms with van der Waals surface area (Å²) in [7, 11) is -1.11. The van der Waals surface area contributed by atoms with Gasteiger partial charge in [0.25, 0.3) is 0 Å². The molecule has 1 aromatic carbocycles. The van der Waals surface area contributed by atoms with Crippen LogP contribution >= 0.6 is 0 Å². The topological polar surface area (TPSA) is 85.4 Å². The van der Waals surface area contributed by atoms with E-state index in [4.69, 9.17) is 9.47 Å². The molecule has 0 N–H and O–H groups in total. The summed E-state index contributed by atoms with van der Waals surface area (Å²) in [6.07, 6.45) is -4.64. The first-order valence-electron chi connectivity index (χ1n) is 8.73. The first-order valence-corrected chi connectivity index (χ1v) is 10.2. The van der Waals surface area contributed by atoms with Gasteiger partial charge in [-0.1, -0.05) is 0 Å². The zero-order valence-electron chi connectivity index (χ0n) is 16.1. The van der Waals surface area contributed by atoms with Crippen LogP contribution in [0.2, 0.25) is 0 Å². The maximum absolute atomic E-state index is 13.0. The molecule has 1 aliphatic heterocycles. The number of benzene rings is 1. The van der Waals surface area contributed by atoms with Gasteiger partial charge in [0.05, 0.1) is 27.2 Å². The van der Waals surface area contributed by atoms with Crippen LogP contribution in [0.15, 0.2) is 23.1 Å². The smallest absolute Gasteiger partial charge is 0.411 e. The second-order valence-corrected chi connectivity index (χ2v) is 8.13. The predicted octanol–water partition coefficient (Wildman–Crippen LogP) is 1.51. The van der Waals surface area contributed by atoms with Crippen molar-refractivity contribution in [2.24, 2.45) is 0 Å². The van der Waals surface area contributed by atoms with Crippen molar-refractivity contribution in [1.82, 2.24) is 9.21 Å². The van der Waals surface area contributed by atoms with Gasteiger partial charge in [0.1, 0.15) is 23.0 Å². The quantitative estimate of drug-likeness (QED) is 0.570. The van der Waals surface area contributed by atoms with E-state index in [9.17, 15) is 26.4 Å². The van der Waals surface area contributed by atoms with Crippen LogP contribution in [0.3, 0.4) is 0 Å². The van der Waals surface area contributed by atoms with Gasteiger partial charge in [-0.05, 0) is 12.1 Å². The van der Waals surface area contributed by atoms with Crippen LogP contribution in [0.5, 0.6) is 11.5 Å². The molecule has 164 valence electrons. The van der Waals surface area contributed by atoms with E-state index in [0.717, 1.165) is 0 Å². The number of amides is 1. The van der Waals surface area contributed by atoms with Gasteiger partial charge in [0.15, 0.2) is 0 Å². The Bertz CT molecular complexity index is 808. The minimum Gasteiger partial charge on any atom is -0.497 e. The van der Waals surface area contributed by atoms with Gasteiger partial charge in [-0.15, -0.1) is 0 Å². The van der Waals surface area contributed by atoms with Gasteiger partial charge in [-0.25, -0.2) is 8.42 Å². The van der Waals surface area contributed by atoms with Crippen LogP contribution in [0.1, 0.15) is 6.42 Å². The predicted molar refractivity (Wildman–Crippen MR) is 96.4 cm³/mol. The molecule has 1 aromatic rings. The number of piperazine rings is 1. The third kappa shape index (κ3) is 6.21. The van der Waals surface area contributed by atoms with E-state index in [1.165, 1.54) is 35.6 Å². The van der Waals surface area contributed by atoms with E-state index in [0.29, 0.717) is 5.75 Å². The highest BCUT2D eigenvalue weighted by Gasteiger charge is 2.32. The summed E-state index contributed by atoms with van der Waals surface area (Å²) < 4.78 is 77.9. The fourth-order valence-corrected chi connectivity index (χ4v) is 4.40. The van der Waals surface area contributed by atoms with Crippen molar-refractivity contribution in [3.05, 3.63) is 18.2 Å². The number of ether oxygens (including phenoxy) is 3. The molecule has 0 bridgehead atoms. The number of carbonyl (C=O) groups is 1. The number of sulfonamides is 1. The molecule has 0 aromatic heterocycles. The second kappa shape index (κ2) is 9.63. The highest BCUT2D eigenvalue weighted by atomic mass is 32.2. The average Bonchev–Trinajstić information content (AvgIpc) is 2.69. The minimum atomic E-state index is -4.44. The first-order chi connectivity index (χ1) is 13.6. The Balaban J connectivity index is 1.95. The maximum atomic E-state index is 13.0. The molecule has 0 saturated carbocycles. The summed E-state index contributed by atoms with van der Waals surface area (Å²) >= 11 is 0. The minimum absolute atomic E-state index is 0.0420. The van der Waals surface area contributed by atoms with Gasteiger partial charge < -0.3 is 19.1 Å². The summed E-state index contributed by atoms with van der Waals surface area (Å²) in [5.41, 5.74) is 0. The molecule has 1 aliphatic rings. The third-order valence-corrected chi connectivity index (χ3v) is 6.23. The number of methoxy groups -OCH3 is 2. The maximum Gasteiger partial charge on any atom is 0.411 e. The van der Waals surface area contributed by atoms with Crippen molar-refractivity contribution < 1.29 is 40.6 Å². The molecular weight excluding hydrogens is 417 g/mol. The van der Waals surface area contributed by atoms with Crippen molar-refractivity contribution in [3.63, 3.8) is 0 Å². The third-order valence-electron chi connectivity index (χ3n) is 4.31. The van der Waals surface area contributed by atoms with Crippen LogP contribution < -0.4 is 9.47 Å². The highest BCUT2D eigenvalue weighted by molar-refractivity contribution is 7.89. The number of rotatable bonds is 8. The lowest BCUT2D eigenvalue weighted by Crippen LogP contribution is -2.50. The fraction of sp³-hybridized carbons (Fsp3) is 0.588. The lowest BCUT2D eigenvalue weighted by Gasteiger charge is -2.34. The summed E-state index contributed by atoms with van der Waals surface area (Å²) in [5, 5.41) is 0. The Labute approximate surface area is 167 Å². The average molecular weight is 440 g/mol. The molecule has 1 saturated heterocycles. The van der Waals surface area contributed by atoms with Crippen LogP contribution in [-0.2, 0) is 19.6 Å². The molecule has 29 heavy (non-hydrogen) atoms. The van der Waals surface area contributed by atoms with Gasteiger partial charge in [0, 0.05) is 32.2 Å². The first kappa shape index (κ1) is 23.2. The zero-order chi connectivity index (χ0) is 21.7. The number of halogens is 3. The number of carbonyl (C=O) groups excluding carboxylic acids is 1. The molecule has 12 heteroatoms. The van der Waals surface area contributed by atoms with Crippen molar-refractivity contribution in [1.29, 1.82) is 0 Å². The summed E-state index contributed by atoms with van der Waals surface area (Å²) in [4.78, 5) is 13.5. The van der Waals surface area contributed by atoms with Gasteiger partial charge >= 0.3 is 6.18 Å². The van der Waals surface area contributed by atoms with Gasteiger partial charge in [-0.3, -0.25) is 4.79 Å². The Morgan fingerprint density at radius 3 is 2.31 bits per heavy atom. The summed E-state index contributed by atoms with van der Waals surface area (Å²) in [6.45, 7) is -1.39. The van der Waals surface area contributed by atoms with Crippen molar-refractivity contribution in [2.75, 3.05) is 53.6 Å². The van der Waals surface area contributed by atoms with E-state index >= 15 is 0 Å². The monoisotopic (exact) mass is 440 g/mol. The van der Waals surface area contributed by atoms with Crippen LogP contribution in [0.4, 0.5) is 13.2 Å². The van der Waals surface area contributed by atoms with E-state index in [-0.39, 0.29) is 55.8 Å². The molecular formula is C17H23F3N2O6S. The van der Waals surface area contributed by atoms with Crippen LogP contribution in [0.25, 0.3) is 0 Å². The largest absolute Gasteiger partial charge is 0.497 e. The molecule has 0 atom stereocenters. The number of alkyl halides is 3. The molecule has 0 radical (unpaired) electrons. The van der Waals surface area contributed by atoms with Crippen molar-refractivity contribution in [3.8, 4) is 11.5 Å². The molecule has 0 unspecified atom stereocenters. The van der Waals surface area contributed by atoms with Crippen molar-refractivity contribution in [2.45, 2.75) is 17.5 Å². The lowest BCUT2D eigenvalue weighted by atomic mass is 10.3.